The maximum atomic E-state index is 11.2. The first kappa shape index (κ1) is 10.5. The van der Waals surface area contributed by atoms with Gasteiger partial charge in [-0.1, -0.05) is 26.8 Å². The van der Waals surface area contributed by atoms with Crippen LogP contribution in [0.3, 0.4) is 0 Å². The summed E-state index contributed by atoms with van der Waals surface area (Å²) >= 11 is 0. The molecule has 2 unspecified atom stereocenters. The molecule has 1 fully saturated rings. The fraction of sp³-hybridized carbons (Fsp3) is 0.750. The molecule has 0 aliphatic heterocycles. The first-order valence-corrected chi connectivity index (χ1v) is 5.03. The average molecular weight is 180 g/mol. The summed E-state index contributed by atoms with van der Waals surface area (Å²) in [6.07, 6.45) is 6.04. The molecule has 74 valence electrons. The van der Waals surface area contributed by atoms with Crippen LogP contribution in [0.15, 0.2) is 12.7 Å². The van der Waals surface area contributed by atoms with E-state index in [9.17, 15) is 4.79 Å². The number of carbonyl (C=O) groups is 1. The maximum Gasteiger partial charge on any atom is 0.126 e. The van der Waals surface area contributed by atoms with E-state index in [0.29, 0.717) is 11.3 Å². The summed E-state index contributed by atoms with van der Waals surface area (Å²) < 4.78 is 0. The van der Waals surface area contributed by atoms with E-state index in [-0.39, 0.29) is 5.41 Å². The zero-order chi connectivity index (χ0) is 10.1. The summed E-state index contributed by atoms with van der Waals surface area (Å²) in [7, 11) is 0. The van der Waals surface area contributed by atoms with E-state index in [1.54, 1.807) is 0 Å². The second-order valence-corrected chi connectivity index (χ2v) is 5.29. The van der Waals surface area contributed by atoms with Crippen LogP contribution in [0.5, 0.6) is 0 Å². The van der Waals surface area contributed by atoms with Gasteiger partial charge in [0.25, 0.3) is 0 Å². The van der Waals surface area contributed by atoms with Gasteiger partial charge >= 0.3 is 0 Å². The summed E-state index contributed by atoms with van der Waals surface area (Å²) in [5.41, 5.74) is 0.203. The smallest absolute Gasteiger partial charge is 0.126 e. The highest BCUT2D eigenvalue weighted by atomic mass is 16.1. The monoisotopic (exact) mass is 180 g/mol. The van der Waals surface area contributed by atoms with Crippen LogP contribution in [0.25, 0.3) is 0 Å². The van der Waals surface area contributed by atoms with Gasteiger partial charge in [0, 0.05) is 5.41 Å². The van der Waals surface area contributed by atoms with Gasteiger partial charge in [-0.15, -0.1) is 6.58 Å². The molecule has 1 saturated carbocycles. The number of hydrogen-bond acceptors (Lipinski definition) is 1. The Bertz CT molecular complexity index is 217. The lowest BCUT2D eigenvalue weighted by Gasteiger charge is -2.26. The van der Waals surface area contributed by atoms with E-state index in [4.69, 9.17) is 0 Å². The zero-order valence-electron chi connectivity index (χ0n) is 8.97. The molecule has 1 aliphatic carbocycles. The van der Waals surface area contributed by atoms with Gasteiger partial charge < -0.3 is 4.79 Å². The molecule has 0 N–H and O–H groups in total. The minimum atomic E-state index is -0.120. The molecular weight excluding hydrogens is 160 g/mol. The third-order valence-corrected chi connectivity index (χ3v) is 3.41. The van der Waals surface area contributed by atoms with Crippen molar-refractivity contribution in [2.45, 2.75) is 40.0 Å². The van der Waals surface area contributed by atoms with E-state index in [2.05, 4.69) is 27.4 Å². The molecule has 0 radical (unpaired) electrons. The molecule has 1 heteroatoms. The van der Waals surface area contributed by atoms with Crippen LogP contribution in [-0.2, 0) is 4.79 Å². The Kier molecular flexibility index (Phi) is 2.65. The van der Waals surface area contributed by atoms with Gasteiger partial charge in [0.15, 0.2) is 0 Å². The van der Waals surface area contributed by atoms with Crippen molar-refractivity contribution in [3.05, 3.63) is 12.7 Å². The van der Waals surface area contributed by atoms with E-state index in [1.165, 1.54) is 0 Å². The van der Waals surface area contributed by atoms with Crippen LogP contribution in [0.4, 0.5) is 0 Å². The summed E-state index contributed by atoms with van der Waals surface area (Å²) in [5, 5.41) is 0. The number of rotatable bonds is 3. The highest BCUT2D eigenvalue weighted by Crippen LogP contribution is 2.53. The van der Waals surface area contributed by atoms with E-state index in [0.717, 1.165) is 25.5 Å². The average Bonchev–Trinajstić information content (AvgIpc) is 2.23. The van der Waals surface area contributed by atoms with E-state index < -0.39 is 0 Å². The van der Waals surface area contributed by atoms with Crippen molar-refractivity contribution in [2.75, 3.05) is 0 Å². The van der Waals surface area contributed by atoms with Gasteiger partial charge in [-0.2, -0.15) is 0 Å². The van der Waals surface area contributed by atoms with Gasteiger partial charge in [0.05, 0.1) is 0 Å². The second-order valence-electron chi connectivity index (χ2n) is 5.29. The van der Waals surface area contributed by atoms with Crippen molar-refractivity contribution < 1.29 is 4.79 Å². The van der Waals surface area contributed by atoms with Crippen LogP contribution in [0, 0.1) is 16.7 Å². The molecule has 0 aromatic heterocycles. The molecule has 1 aliphatic rings. The van der Waals surface area contributed by atoms with E-state index in [1.807, 2.05) is 6.08 Å². The van der Waals surface area contributed by atoms with Crippen molar-refractivity contribution in [1.82, 2.24) is 0 Å². The van der Waals surface area contributed by atoms with Crippen molar-refractivity contribution in [3.8, 4) is 0 Å². The molecule has 13 heavy (non-hydrogen) atoms. The van der Waals surface area contributed by atoms with Gasteiger partial charge in [-0.3, -0.25) is 0 Å². The fourth-order valence-corrected chi connectivity index (χ4v) is 2.92. The number of hydrogen-bond donors (Lipinski definition) is 0. The van der Waals surface area contributed by atoms with E-state index >= 15 is 0 Å². The molecule has 0 spiro atoms. The largest absolute Gasteiger partial charge is 0.303 e. The molecule has 0 aromatic rings. The molecule has 2 atom stereocenters. The Hall–Kier alpha value is -0.590. The Morgan fingerprint density at radius 2 is 2.15 bits per heavy atom. The van der Waals surface area contributed by atoms with Crippen LogP contribution in [-0.4, -0.2) is 6.29 Å². The third kappa shape index (κ3) is 1.84. The predicted molar refractivity (Wildman–Crippen MR) is 55.5 cm³/mol. The number of allylic oxidation sites excluding steroid dienone is 1. The van der Waals surface area contributed by atoms with Crippen molar-refractivity contribution in [1.29, 1.82) is 0 Å². The third-order valence-electron chi connectivity index (χ3n) is 3.41. The maximum absolute atomic E-state index is 11.2. The summed E-state index contributed by atoms with van der Waals surface area (Å²) in [6.45, 7) is 10.4. The summed E-state index contributed by atoms with van der Waals surface area (Å²) in [4.78, 5) is 11.2. The molecule has 0 heterocycles. The second kappa shape index (κ2) is 3.28. The Morgan fingerprint density at radius 3 is 2.46 bits per heavy atom. The summed E-state index contributed by atoms with van der Waals surface area (Å²) in [5.74, 6) is 0.498. The molecule has 0 aromatic carbocycles. The Labute approximate surface area is 81.2 Å². The molecule has 0 saturated heterocycles. The van der Waals surface area contributed by atoms with Crippen molar-refractivity contribution >= 4 is 6.29 Å². The minimum absolute atomic E-state index is 0.120. The van der Waals surface area contributed by atoms with Crippen LogP contribution in [0.1, 0.15) is 40.0 Å². The highest BCUT2D eigenvalue weighted by molar-refractivity contribution is 5.61. The lowest BCUT2D eigenvalue weighted by Crippen LogP contribution is -2.25. The lowest BCUT2D eigenvalue weighted by atomic mass is 9.76. The van der Waals surface area contributed by atoms with Crippen LogP contribution >= 0.6 is 0 Å². The fourth-order valence-electron chi connectivity index (χ4n) is 2.92. The predicted octanol–water partition coefficient (Wildman–Crippen LogP) is 3.20. The SMILES string of the molecule is C=CCC1(C=O)CC(C)(C)CC1C. The Morgan fingerprint density at radius 1 is 1.54 bits per heavy atom. The van der Waals surface area contributed by atoms with Gasteiger partial charge in [-0.05, 0) is 30.6 Å². The van der Waals surface area contributed by atoms with Gasteiger partial charge in [0.2, 0.25) is 0 Å². The standard InChI is InChI=1S/C12H20O/c1-5-6-12(9-13)8-11(3,4)7-10(12)2/h5,9-10H,1,6-8H2,2-4H3. The minimum Gasteiger partial charge on any atom is -0.303 e. The topological polar surface area (TPSA) is 17.1 Å². The molecule has 0 amide bonds. The first-order valence-electron chi connectivity index (χ1n) is 5.03. The summed E-state index contributed by atoms with van der Waals surface area (Å²) in [6, 6.07) is 0. The van der Waals surface area contributed by atoms with Gasteiger partial charge in [0.1, 0.15) is 6.29 Å². The van der Waals surface area contributed by atoms with Crippen molar-refractivity contribution in [2.24, 2.45) is 16.7 Å². The molecule has 0 bridgehead atoms. The lowest BCUT2D eigenvalue weighted by molar-refractivity contribution is -0.117. The zero-order valence-corrected chi connectivity index (χ0v) is 8.97. The van der Waals surface area contributed by atoms with Crippen LogP contribution < -0.4 is 0 Å². The molecule has 1 rings (SSSR count). The van der Waals surface area contributed by atoms with Crippen LogP contribution in [0.2, 0.25) is 0 Å². The normalized spacial score (nSPS) is 37.3. The molecular formula is C12H20O. The van der Waals surface area contributed by atoms with Crippen molar-refractivity contribution in [3.63, 3.8) is 0 Å². The quantitative estimate of drug-likeness (QED) is 0.481. The number of aldehydes is 1. The Balaban J connectivity index is 2.88. The first-order chi connectivity index (χ1) is 5.96. The highest BCUT2D eigenvalue weighted by Gasteiger charge is 2.47. The van der Waals surface area contributed by atoms with Gasteiger partial charge in [-0.25, -0.2) is 0 Å². The number of carbonyl (C=O) groups excluding carboxylic acids is 1. The molecule has 1 nitrogen and oxygen atoms in total.